The molecule has 7 heteroatoms. The number of carbonyl (C=O) groups is 3. The smallest absolute Gasteiger partial charge is 0.307 e. The standard InChI is InChI=1S/C31H38N2O4S/c1-5-18-10-11-20-23(14-18)38-30(27(20)28(34)32-15-19-8-6-17(4)7-9-19)33-29(35)25-21-12-13-22(24(21)16(2)3)26(25)31(36)37/h6-9,18,21-22,25-26H,5,10-15H2,1-4H3,(H,32,34)(H,33,35)(H,36,37)/t18-,21+,22+,25-,26-/m1/s1. The molecule has 0 spiro atoms. The lowest BCUT2D eigenvalue weighted by atomic mass is 9.78. The van der Waals surface area contributed by atoms with Crippen molar-refractivity contribution in [2.75, 3.05) is 5.32 Å². The zero-order chi connectivity index (χ0) is 27.1. The second kappa shape index (κ2) is 10.7. The second-order valence-electron chi connectivity index (χ2n) is 11.5. The van der Waals surface area contributed by atoms with Gasteiger partial charge in [-0.25, -0.2) is 0 Å². The average molecular weight is 535 g/mol. The van der Waals surface area contributed by atoms with Gasteiger partial charge in [-0.15, -0.1) is 11.3 Å². The number of hydrogen-bond donors (Lipinski definition) is 3. The van der Waals surface area contributed by atoms with Crippen molar-refractivity contribution in [3.8, 4) is 0 Å². The van der Waals surface area contributed by atoms with E-state index in [2.05, 4.69) is 17.6 Å². The maximum absolute atomic E-state index is 13.8. The lowest BCUT2D eigenvalue weighted by molar-refractivity contribution is -0.148. The molecule has 5 atom stereocenters. The Morgan fingerprint density at radius 3 is 2.34 bits per heavy atom. The van der Waals surface area contributed by atoms with Crippen LogP contribution in [0.4, 0.5) is 5.00 Å². The van der Waals surface area contributed by atoms with E-state index in [4.69, 9.17) is 0 Å². The van der Waals surface area contributed by atoms with Gasteiger partial charge in [0.15, 0.2) is 0 Å². The molecule has 3 aliphatic carbocycles. The molecule has 5 rings (SSSR count). The second-order valence-corrected chi connectivity index (χ2v) is 12.6. The molecule has 1 aromatic heterocycles. The Kier molecular flexibility index (Phi) is 7.49. The molecule has 0 unspecified atom stereocenters. The van der Waals surface area contributed by atoms with Crippen LogP contribution in [0.2, 0.25) is 0 Å². The van der Waals surface area contributed by atoms with Crippen LogP contribution in [0.5, 0.6) is 0 Å². The molecule has 3 aliphatic rings. The largest absolute Gasteiger partial charge is 0.481 e. The van der Waals surface area contributed by atoms with Crippen LogP contribution in [0.15, 0.2) is 35.4 Å². The van der Waals surface area contributed by atoms with Crippen LogP contribution in [0.25, 0.3) is 0 Å². The highest BCUT2D eigenvalue weighted by molar-refractivity contribution is 7.17. The summed E-state index contributed by atoms with van der Waals surface area (Å²) in [5, 5.41) is 16.8. The molecule has 2 bridgehead atoms. The third-order valence-corrected chi connectivity index (χ3v) is 10.2. The fourth-order valence-electron chi connectivity index (χ4n) is 7.11. The quantitative estimate of drug-likeness (QED) is 0.372. The monoisotopic (exact) mass is 534 g/mol. The molecule has 2 amide bonds. The van der Waals surface area contributed by atoms with Gasteiger partial charge < -0.3 is 15.7 Å². The first-order valence-corrected chi connectivity index (χ1v) is 14.7. The van der Waals surface area contributed by atoms with Gasteiger partial charge in [0, 0.05) is 11.4 Å². The lowest BCUT2D eigenvalue weighted by Crippen LogP contribution is -2.38. The lowest BCUT2D eigenvalue weighted by Gasteiger charge is -2.26. The molecule has 0 aliphatic heterocycles. The zero-order valence-corrected chi connectivity index (χ0v) is 23.5. The fraction of sp³-hybridized carbons (Fsp3) is 0.516. The first-order chi connectivity index (χ1) is 18.2. The highest BCUT2D eigenvalue weighted by Gasteiger charge is 2.57. The van der Waals surface area contributed by atoms with Crippen molar-refractivity contribution in [2.45, 2.75) is 72.8 Å². The number of rotatable bonds is 7. The van der Waals surface area contributed by atoms with Gasteiger partial charge in [0.05, 0.1) is 17.4 Å². The summed E-state index contributed by atoms with van der Waals surface area (Å²) in [4.78, 5) is 40.8. The molecule has 2 fully saturated rings. The molecule has 38 heavy (non-hydrogen) atoms. The van der Waals surface area contributed by atoms with Gasteiger partial charge in [0.2, 0.25) is 5.91 Å². The number of hydrogen-bond acceptors (Lipinski definition) is 4. The van der Waals surface area contributed by atoms with Crippen molar-refractivity contribution in [1.29, 1.82) is 0 Å². The van der Waals surface area contributed by atoms with E-state index in [-0.39, 0.29) is 23.7 Å². The van der Waals surface area contributed by atoms with Crippen LogP contribution < -0.4 is 10.6 Å². The first-order valence-electron chi connectivity index (χ1n) is 13.9. The van der Waals surface area contributed by atoms with E-state index in [0.717, 1.165) is 60.8 Å². The zero-order valence-electron chi connectivity index (χ0n) is 22.7. The summed E-state index contributed by atoms with van der Waals surface area (Å²) in [5.74, 6) is -2.19. The number of amides is 2. The first kappa shape index (κ1) is 26.7. The Labute approximate surface area is 228 Å². The fourth-order valence-corrected chi connectivity index (χ4v) is 8.47. The Morgan fingerprint density at radius 2 is 1.71 bits per heavy atom. The predicted molar refractivity (Wildman–Crippen MR) is 150 cm³/mol. The SMILES string of the molecule is CC[C@@H]1CCc2c(sc(NC(=O)[C@H]3[C@H](C(=O)O)[C@H]4CC[C@H]3C4=C(C)C)c2C(=O)NCc2ccc(C)cc2)C1. The summed E-state index contributed by atoms with van der Waals surface area (Å²) in [7, 11) is 0. The Morgan fingerprint density at radius 1 is 1.03 bits per heavy atom. The van der Waals surface area contributed by atoms with E-state index in [1.54, 1.807) is 0 Å². The van der Waals surface area contributed by atoms with Crippen LogP contribution in [0, 0.1) is 36.5 Å². The third-order valence-electron chi connectivity index (χ3n) is 8.99. The van der Waals surface area contributed by atoms with Gasteiger partial charge >= 0.3 is 5.97 Å². The summed E-state index contributed by atoms with van der Waals surface area (Å²) in [6.45, 7) is 8.68. The maximum Gasteiger partial charge on any atom is 0.307 e. The molecule has 0 radical (unpaired) electrons. The van der Waals surface area contributed by atoms with Crippen LogP contribution in [-0.2, 0) is 29.0 Å². The molecule has 2 aromatic rings. The van der Waals surface area contributed by atoms with Gasteiger partial charge in [0.25, 0.3) is 5.91 Å². The Bertz CT molecular complexity index is 1290. The van der Waals surface area contributed by atoms with Crippen molar-refractivity contribution in [3.05, 3.63) is 62.5 Å². The highest BCUT2D eigenvalue weighted by atomic mass is 32.1. The van der Waals surface area contributed by atoms with Gasteiger partial charge in [-0.3, -0.25) is 14.4 Å². The van der Waals surface area contributed by atoms with Crippen molar-refractivity contribution >= 4 is 34.1 Å². The molecule has 6 nitrogen and oxygen atoms in total. The molecular weight excluding hydrogens is 496 g/mol. The molecule has 1 heterocycles. The number of carboxylic acids is 1. The Hall–Kier alpha value is -2.93. The minimum absolute atomic E-state index is 0.0380. The van der Waals surface area contributed by atoms with Crippen molar-refractivity contribution < 1.29 is 19.5 Å². The van der Waals surface area contributed by atoms with Gasteiger partial charge in [-0.2, -0.15) is 0 Å². The van der Waals surface area contributed by atoms with E-state index < -0.39 is 17.8 Å². The number of thiophene rings is 1. The summed E-state index contributed by atoms with van der Waals surface area (Å²) in [6, 6.07) is 8.07. The number of anilines is 1. The average Bonchev–Trinajstić information content (AvgIpc) is 3.57. The topological polar surface area (TPSA) is 95.5 Å². The number of aliphatic carboxylic acids is 1. The van der Waals surface area contributed by atoms with Gasteiger partial charge in [-0.05, 0) is 81.8 Å². The number of carbonyl (C=O) groups excluding carboxylic acids is 2. The van der Waals surface area contributed by atoms with E-state index in [0.29, 0.717) is 23.0 Å². The highest BCUT2D eigenvalue weighted by Crippen LogP contribution is 2.57. The summed E-state index contributed by atoms with van der Waals surface area (Å²) >= 11 is 1.50. The van der Waals surface area contributed by atoms with Crippen LogP contribution in [0.1, 0.15) is 78.4 Å². The van der Waals surface area contributed by atoms with Crippen LogP contribution >= 0.6 is 11.3 Å². The van der Waals surface area contributed by atoms with E-state index >= 15 is 0 Å². The molecule has 202 valence electrons. The van der Waals surface area contributed by atoms with Crippen molar-refractivity contribution in [2.24, 2.45) is 29.6 Å². The summed E-state index contributed by atoms with van der Waals surface area (Å²) in [6.07, 6.45) is 5.52. The van der Waals surface area contributed by atoms with Crippen molar-refractivity contribution in [1.82, 2.24) is 5.32 Å². The van der Waals surface area contributed by atoms with Crippen LogP contribution in [-0.4, -0.2) is 22.9 Å². The summed E-state index contributed by atoms with van der Waals surface area (Å²) in [5.41, 5.74) is 6.09. The number of carboxylic acid groups (broad SMARTS) is 1. The van der Waals surface area contributed by atoms with Crippen LogP contribution in [0.3, 0.4) is 0 Å². The Balaban J connectivity index is 1.43. The number of fused-ring (bicyclic) bond motifs is 3. The van der Waals surface area contributed by atoms with Gasteiger partial charge in [-0.1, -0.05) is 54.3 Å². The summed E-state index contributed by atoms with van der Waals surface area (Å²) < 4.78 is 0. The van der Waals surface area contributed by atoms with E-state index in [9.17, 15) is 19.5 Å². The molecule has 1 aromatic carbocycles. The molecule has 3 N–H and O–H groups in total. The normalized spacial score (nSPS) is 25.7. The van der Waals surface area contributed by atoms with E-state index in [1.807, 2.05) is 45.0 Å². The minimum Gasteiger partial charge on any atom is -0.481 e. The molecular formula is C31H38N2O4S. The number of aryl methyl sites for hydroxylation is 1. The molecule has 0 saturated heterocycles. The maximum atomic E-state index is 13.8. The predicted octanol–water partition coefficient (Wildman–Crippen LogP) is 6.13. The number of benzene rings is 1. The van der Waals surface area contributed by atoms with E-state index in [1.165, 1.54) is 21.8 Å². The minimum atomic E-state index is -0.900. The number of allylic oxidation sites excluding steroid dienone is 2. The third kappa shape index (κ3) is 4.81. The van der Waals surface area contributed by atoms with Gasteiger partial charge in [0.1, 0.15) is 5.00 Å². The number of nitrogens with one attached hydrogen (secondary N) is 2. The molecule has 2 saturated carbocycles. The van der Waals surface area contributed by atoms with Crippen molar-refractivity contribution in [3.63, 3.8) is 0 Å².